The molecule has 19 heavy (non-hydrogen) atoms. The Bertz CT molecular complexity index is 627. The maximum absolute atomic E-state index is 12.1. The molecule has 1 aromatic carbocycles. The van der Waals surface area contributed by atoms with E-state index in [1.54, 1.807) is 18.3 Å². The summed E-state index contributed by atoms with van der Waals surface area (Å²) >= 11 is 11.9. The third-order valence-corrected chi connectivity index (χ3v) is 3.27. The Labute approximate surface area is 120 Å². The largest absolute Gasteiger partial charge is 0.399 e. The lowest BCUT2D eigenvalue weighted by molar-refractivity contribution is 0.102. The third-order valence-electron chi connectivity index (χ3n) is 2.46. The first-order valence-corrected chi connectivity index (χ1v) is 6.21. The van der Waals surface area contributed by atoms with Crippen molar-refractivity contribution in [3.63, 3.8) is 0 Å². The SMILES string of the molecule is Cc1ccc(NC(=O)c2cc(N)cc(Cl)c2Cl)cn1. The summed E-state index contributed by atoms with van der Waals surface area (Å²) in [6, 6.07) is 6.52. The van der Waals surface area contributed by atoms with Crippen molar-refractivity contribution in [1.82, 2.24) is 4.98 Å². The van der Waals surface area contributed by atoms with E-state index in [0.717, 1.165) is 5.69 Å². The number of hydrogen-bond donors (Lipinski definition) is 2. The minimum Gasteiger partial charge on any atom is -0.399 e. The van der Waals surface area contributed by atoms with Crippen molar-refractivity contribution < 1.29 is 4.79 Å². The van der Waals surface area contributed by atoms with Gasteiger partial charge in [-0.3, -0.25) is 9.78 Å². The molecule has 2 aromatic rings. The van der Waals surface area contributed by atoms with E-state index in [1.165, 1.54) is 12.1 Å². The number of aromatic nitrogens is 1. The highest BCUT2D eigenvalue weighted by Gasteiger charge is 2.14. The molecular weight excluding hydrogens is 285 g/mol. The van der Waals surface area contributed by atoms with E-state index in [4.69, 9.17) is 28.9 Å². The van der Waals surface area contributed by atoms with Gasteiger partial charge >= 0.3 is 0 Å². The van der Waals surface area contributed by atoms with Crippen molar-refractivity contribution in [3.8, 4) is 0 Å². The molecule has 1 amide bonds. The molecule has 0 aliphatic heterocycles. The number of halogens is 2. The Kier molecular flexibility index (Phi) is 3.93. The van der Waals surface area contributed by atoms with Crippen LogP contribution in [0.4, 0.5) is 11.4 Å². The van der Waals surface area contributed by atoms with Crippen LogP contribution >= 0.6 is 23.2 Å². The highest BCUT2D eigenvalue weighted by atomic mass is 35.5. The molecule has 0 spiro atoms. The quantitative estimate of drug-likeness (QED) is 0.833. The molecule has 0 aliphatic rings. The number of benzene rings is 1. The van der Waals surface area contributed by atoms with Crippen molar-refractivity contribution >= 4 is 40.5 Å². The molecular formula is C13H11Cl2N3O. The number of nitrogen functional groups attached to an aromatic ring is 1. The van der Waals surface area contributed by atoms with Crippen LogP contribution in [-0.2, 0) is 0 Å². The van der Waals surface area contributed by atoms with Crippen molar-refractivity contribution in [2.75, 3.05) is 11.1 Å². The summed E-state index contributed by atoms with van der Waals surface area (Å²) in [6.45, 7) is 1.86. The average molecular weight is 296 g/mol. The normalized spacial score (nSPS) is 10.3. The fraction of sp³-hybridized carbons (Fsp3) is 0.0769. The van der Waals surface area contributed by atoms with Crippen LogP contribution in [0.25, 0.3) is 0 Å². The number of amides is 1. The van der Waals surface area contributed by atoms with E-state index in [0.29, 0.717) is 11.4 Å². The molecule has 0 fully saturated rings. The molecule has 0 radical (unpaired) electrons. The van der Waals surface area contributed by atoms with Crippen LogP contribution in [0.15, 0.2) is 30.5 Å². The molecule has 0 saturated carbocycles. The predicted molar refractivity (Wildman–Crippen MR) is 77.8 cm³/mol. The van der Waals surface area contributed by atoms with Crippen LogP contribution in [0.3, 0.4) is 0 Å². The van der Waals surface area contributed by atoms with E-state index in [2.05, 4.69) is 10.3 Å². The Hall–Kier alpha value is -1.78. The van der Waals surface area contributed by atoms with Gasteiger partial charge in [0.1, 0.15) is 0 Å². The Morgan fingerprint density at radius 3 is 2.68 bits per heavy atom. The number of nitrogens with zero attached hydrogens (tertiary/aromatic N) is 1. The Morgan fingerprint density at radius 1 is 1.32 bits per heavy atom. The maximum Gasteiger partial charge on any atom is 0.257 e. The second-order valence-electron chi connectivity index (χ2n) is 4.01. The third kappa shape index (κ3) is 3.16. The zero-order chi connectivity index (χ0) is 14.0. The van der Waals surface area contributed by atoms with Crippen LogP contribution in [0, 0.1) is 6.92 Å². The number of rotatable bonds is 2. The lowest BCUT2D eigenvalue weighted by Gasteiger charge is -2.08. The fourth-order valence-corrected chi connectivity index (χ4v) is 1.94. The van der Waals surface area contributed by atoms with Gasteiger partial charge in [0, 0.05) is 11.4 Å². The molecule has 3 N–H and O–H groups in total. The van der Waals surface area contributed by atoms with Crippen LogP contribution in [0.5, 0.6) is 0 Å². The standard InChI is InChI=1S/C13H11Cl2N3O/c1-7-2-3-9(6-17-7)18-13(19)10-4-8(16)5-11(14)12(10)15/h2-6H,16H2,1H3,(H,18,19). The molecule has 1 heterocycles. The van der Waals surface area contributed by atoms with E-state index < -0.39 is 0 Å². The number of anilines is 2. The number of hydrogen-bond acceptors (Lipinski definition) is 3. The summed E-state index contributed by atoms with van der Waals surface area (Å²) in [7, 11) is 0. The lowest BCUT2D eigenvalue weighted by atomic mass is 10.2. The molecule has 4 nitrogen and oxygen atoms in total. The van der Waals surface area contributed by atoms with Gasteiger partial charge in [-0.15, -0.1) is 0 Å². The van der Waals surface area contributed by atoms with E-state index in [1.807, 2.05) is 6.92 Å². The zero-order valence-corrected chi connectivity index (χ0v) is 11.6. The highest BCUT2D eigenvalue weighted by molar-refractivity contribution is 6.44. The molecule has 6 heteroatoms. The molecule has 2 rings (SSSR count). The minimum atomic E-state index is -0.384. The fourth-order valence-electron chi connectivity index (χ4n) is 1.52. The van der Waals surface area contributed by atoms with Crippen molar-refractivity contribution in [3.05, 3.63) is 51.8 Å². The average Bonchev–Trinajstić information content (AvgIpc) is 2.36. The number of aryl methyl sites for hydroxylation is 1. The molecule has 0 saturated heterocycles. The first kappa shape index (κ1) is 13.6. The molecule has 98 valence electrons. The summed E-state index contributed by atoms with van der Waals surface area (Å²) in [5.74, 6) is -0.384. The van der Waals surface area contributed by atoms with Gasteiger partial charge in [0.25, 0.3) is 5.91 Å². The van der Waals surface area contributed by atoms with Crippen molar-refractivity contribution in [2.24, 2.45) is 0 Å². The van der Waals surface area contributed by atoms with Gasteiger partial charge in [-0.05, 0) is 31.2 Å². The first-order chi connectivity index (χ1) is 8.97. The number of carbonyl (C=O) groups is 1. The smallest absolute Gasteiger partial charge is 0.257 e. The van der Waals surface area contributed by atoms with Gasteiger partial charge in [0.05, 0.1) is 27.5 Å². The predicted octanol–water partition coefficient (Wildman–Crippen LogP) is 3.53. The van der Waals surface area contributed by atoms with Gasteiger partial charge in [0.2, 0.25) is 0 Å². The van der Waals surface area contributed by atoms with Crippen LogP contribution < -0.4 is 11.1 Å². The molecule has 0 unspecified atom stereocenters. The maximum atomic E-state index is 12.1. The topological polar surface area (TPSA) is 68.0 Å². The summed E-state index contributed by atoms with van der Waals surface area (Å²) in [5, 5.41) is 3.10. The number of nitrogens with two attached hydrogens (primary N) is 1. The van der Waals surface area contributed by atoms with Gasteiger partial charge in [0.15, 0.2) is 0 Å². The number of nitrogens with one attached hydrogen (secondary N) is 1. The second-order valence-corrected chi connectivity index (χ2v) is 4.79. The zero-order valence-electron chi connectivity index (χ0n) is 10.1. The Balaban J connectivity index is 2.27. The highest BCUT2D eigenvalue weighted by Crippen LogP contribution is 2.29. The summed E-state index contributed by atoms with van der Waals surface area (Å²) in [6.07, 6.45) is 1.56. The molecule has 1 aromatic heterocycles. The summed E-state index contributed by atoms with van der Waals surface area (Å²) in [4.78, 5) is 16.2. The van der Waals surface area contributed by atoms with E-state index >= 15 is 0 Å². The van der Waals surface area contributed by atoms with Crippen LogP contribution in [0.1, 0.15) is 16.1 Å². The van der Waals surface area contributed by atoms with Crippen LogP contribution in [0.2, 0.25) is 10.0 Å². The van der Waals surface area contributed by atoms with E-state index in [9.17, 15) is 4.79 Å². The van der Waals surface area contributed by atoms with Gasteiger partial charge in [-0.2, -0.15) is 0 Å². The summed E-state index contributed by atoms with van der Waals surface area (Å²) in [5.41, 5.74) is 7.69. The first-order valence-electron chi connectivity index (χ1n) is 5.46. The van der Waals surface area contributed by atoms with Gasteiger partial charge in [-0.25, -0.2) is 0 Å². The van der Waals surface area contributed by atoms with Gasteiger partial charge in [-0.1, -0.05) is 23.2 Å². The second kappa shape index (κ2) is 5.47. The van der Waals surface area contributed by atoms with Crippen LogP contribution in [-0.4, -0.2) is 10.9 Å². The van der Waals surface area contributed by atoms with Crippen molar-refractivity contribution in [1.29, 1.82) is 0 Å². The number of carbonyl (C=O) groups excluding carboxylic acids is 1. The molecule has 0 bridgehead atoms. The monoisotopic (exact) mass is 295 g/mol. The molecule has 0 aliphatic carbocycles. The summed E-state index contributed by atoms with van der Waals surface area (Å²) < 4.78 is 0. The lowest BCUT2D eigenvalue weighted by Crippen LogP contribution is -2.13. The Morgan fingerprint density at radius 2 is 2.05 bits per heavy atom. The van der Waals surface area contributed by atoms with Gasteiger partial charge < -0.3 is 11.1 Å². The molecule has 0 atom stereocenters. The van der Waals surface area contributed by atoms with E-state index in [-0.39, 0.29) is 21.5 Å². The minimum absolute atomic E-state index is 0.174. The van der Waals surface area contributed by atoms with Crippen molar-refractivity contribution in [2.45, 2.75) is 6.92 Å². The number of pyridine rings is 1.